The zero-order valence-corrected chi connectivity index (χ0v) is 16.4. The molecule has 0 unspecified atom stereocenters. The van der Waals surface area contributed by atoms with Crippen molar-refractivity contribution in [3.8, 4) is 11.8 Å². The molecule has 1 N–H and O–H groups in total. The van der Waals surface area contributed by atoms with E-state index in [1.165, 1.54) is 0 Å². The van der Waals surface area contributed by atoms with Crippen molar-refractivity contribution in [2.24, 2.45) is 5.92 Å². The van der Waals surface area contributed by atoms with Gasteiger partial charge in [0.25, 0.3) is 0 Å². The lowest BCUT2D eigenvalue weighted by Crippen LogP contribution is -2.26. The summed E-state index contributed by atoms with van der Waals surface area (Å²) < 4.78 is 5.66. The van der Waals surface area contributed by atoms with E-state index in [1.807, 2.05) is 49.4 Å². The van der Waals surface area contributed by atoms with Crippen LogP contribution in [-0.4, -0.2) is 15.9 Å². The minimum atomic E-state index is -0.195. The number of amides is 1. The number of aryl methyl sites for hydroxylation is 1. The molecule has 5 nitrogen and oxygen atoms in total. The van der Waals surface area contributed by atoms with Crippen molar-refractivity contribution in [3.05, 3.63) is 78.1 Å². The Hall–Kier alpha value is -3.21. The summed E-state index contributed by atoms with van der Waals surface area (Å²) in [6.07, 6.45) is 4.18. The summed E-state index contributed by atoms with van der Waals surface area (Å²) in [5.74, 6) is 0.673. The zero-order valence-electron chi connectivity index (χ0n) is 16.4. The van der Waals surface area contributed by atoms with Gasteiger partial charge in [0.2, 0.25) is 5.91 Å². The van der Waals surface area contributed by atoms with Gasteiger partial charge in [-0.15, -0.1) is 0 Å². The number of nitrogens with one attached hydrogen (secondary N) is 1. The third-order valence-electron chi connectivity index (χ3n) is 4.86. The number of hydrogen-bond acceptors (Lipinski definition) is 4. The molecule has 0 bridgehead atoms. The standard InChI is InChI=1S/C23H25N3O2/c1-4-16(2)21(18-9-6-5-7-10-18)22(27)26-20-12-11-19(15-17(20)3)28-23-24-13-8-14-25-23/h5-16,21H,4H2,1-3H3,(H,26,27)/t16-,21-/m0/s1. The third-order valence-corrected chi connectivity index (χ3v) is 4.86. The van der Waals surface area contributed by atoms with E-state index in [9.17, 15) is 4.79 Å². The highest BCUT2D eigenvalue weighted by atomic mass is 16.5. The first-order valence-electron chi connectivity index (χ1n) is 9.49. The maximum atomic E-state index is 13.1. The van der Waals surface area contributed by atoms with Crippen molar-refractivity contribution < 1.29 is 9.53 Å². The van der Waals surface area contributed by atoms with Gasteiger partial charge >= 0.3 is 6.01 Å². The van der Waals surface area contributed by atoms with Crippen LogP contribution in [0.2, 0.25) is 0 Å². The van der Waals surface area contributed by atoms with Crippen LogP contribution in [0.3, 0.4) is 0 Å². The Labute approximate surface area is 165 Å². The summed E-state index contributed by atoms with van der Waals surface area (Å²) in [7, 11) is 0. The molecule has 1 aromatic heterocycles. The molecule has 2 atom stereocenters. The van der Waals surface area contributed by atoms with Crippen molar-refractivity contribution >= 4 is 11.6 Å². The minimum absolute atomic E-state index is 0.00344. The highest BCUT2D eigenvalue weighted by Crippen LogP contribution is 2.30. The molecule has 0 saturated heterocycles. The summed E-state index contributed by atoms with van der Waals surface area (Å²) in [6.45, 7) is 6.16. The molecule has 1 heterocycles. The summed E-state index contributed by atoms with van der Waals surface area (Å²) in [5.41, 5.74) is 2.72. The first kappa shape index (κ1) is 19.5. The summed E-state index contributed by atoms with van der Waals surface area (Å²) in [4.78, 5) is 21.2. The van der Waals surface area contributed by atoms with Crippen LogP contribution < -0.4 is 10.1 Å². The average Bonchev–Trinajstić information content (AvgIpc) is 2.71. The van der Waals surface area contributed by atoms with Crippen molar-refractivity contribution in [2.45, 2.75) is 33.1 Å². The lowest BCUT2D eigenvalue weighted by molar-refractivity contribution is -0.118. The van der Waals surface area contributed by atoms with Crippen molar-refractivity contribution in [1.29, 1.82) is 0 Å². The van der Waals surface area contributed by atoms with Gasteiger partial charge in [-0.2, -0.15) is 0 Å². The molecule has 2 aromatic carbocycles. The van der Waals surface area contributed by atoms with Gasteiger partial charge in [-0.25, -0.2) is 9.97 Å². The summed E-state index contributed by atoms with van der Waals surface area (Å²) >= 11 is 0. The SMILES string of the molecule is CC[C@H](C)[C@H](C(=O)Nc1ccc(Oc2ncccn2)cc1C)c1ccccc1. The van der Waals surface area contributed by atoms with Crippen molar-refractivity contribution in [1.82, 2.24) is 9.97 Å². The number of carbonyl (C=O) groups excluding carboxylic acids is 1. The molecule has 0 aliphatic rings. The lowest BCUT2D eigenvalue weighted by atomic mass is 9.85. The molecule has 0 aliphatic heterocycles. The molecule has 0 radical (unpaired) electrons. The van der Waals surface area contributed by atoms with Gasteiger partial charge < -0.3 is 10.1 Å². The molecular weight excluding hydrogens is 350 g/mol. The van der Waals surface area contributed by atoms with E-state index >= 15 is 0 Å². The van der Waals surface area contributed by atoms with Gasteiger partial charge in [0.05, 0.1) is 5.92 Å². The number of rotatable bonds is 7. The van der Waals surface area contributed by atoms with E-state index in [1.54, 1.807) is 24.5 Å². The molecule has 3 rings (SSSR count). The average molecular weight is 375 g/mol. The monoisotopic (exact) mass is 375 g/mol. The highest BCUT2D eigenvalue weighted by molar-refractivity contribution is 5.96. The van der Waals surface area contributed by atoms with Gasteiger partial charge in [0.15, 0.2) is 0 Å². The molecule has 144 valence electrons. The Bertz CT molecular complexity index is 914. The maximum absolute atomic E-state index is 13.1. The molecule has 0 aliphatic carbocycles. The number of benzene rings is 2. The van der Waals surface area contributed by atoms with E-state index < -0.39 is 0 Å². The number of ether oxygens (including phenoxy) is 1. The molecule has 5 heteroatoms. The second-order valence-electron chi connectivity index (χ2n) is 6.87. The predicted molar refractivity (Wildman–Crippen MR) is 111 cm³/mol. The fourth-order valence-electron chi connectivity index (χ4n) is 3.13. The lowest BCUT2D eigenvalue weighted by Gasteiger charge is -2.23. The summed E-state index contributed by atoms with van der Waals surface area (Å²) in [5, 5.41) is 3.09. The second-order valence-corrected chi connectivity index (χ2v) is 6.87. The normalized spacial score (nSPS) is 12.8. The Balaban J connectivity index is 1.77. The molecule has 1 amide bonds. The molecule has 0 spiro atoms. The molecule has 0 saturated carbocycles. The molecular formula is C23H25N3O2. The van der Waals surface area contributed by atoms with Crippen molar-refractivity contribution in [2.75, 3.05) is 5.32 Å². The van der Waals surface area contributed by atoms with E-state index in [4.69, 9.17) is 4.74 Å². The highest BCUT2D eigenvalue weighted by Gasteiger charge is 2.26. The largest absolute Gasteiger partial charge is 0.424 e. The number of aromatic nitrogens is 2. The van der Waals surface area contributed by atoms with Crippen LogP contribution in [0.5, 0.6) is 11.8 Å². The van der Waals surface area contributed by atoms with Crippen LogP contribution in [-0.2, 0) is 4.79 Å². The fourth-order valence-corrected chi connectivity index (χ4v) is 3.13. The number of nitrogens with zero attached hydrogens (tertiary/aromatic N) is 2. The van der Waals surface area contributed by atoms with Gasteiger partial charge in [0.1, 0.15) is 5.75 Å². The van der Waals surface area contributed by atoms with Crippen LogP contribution in [0, 0.1) is 12.8 Å². The smallest absolute Gasteiger partial charge is 0.321 e. The number of hydrogen-bond donors (Lipinski definition) is 1. The Morgan fingerprint density at radius 2 is 1.79 bits per heavy atom. The number of anilines is 1. The summed E-state index contributed by atoms with van der Waals surface area (Å²) in [6, 6.07) is 17.5. The van der Waals surface area contributed by atoms with E-state index in [0.717, 1.165) is 23.2 Å². The van der Waals surface area contributed by atoms with Gasteiger partial charge in [-0.3, -0.25) is 4.79 Å². The predicted octanol–water partition coefficient (Wildman–Crippen LogP) is 5.35. The van der Waals surface area contributed by atoms with Gasteiger partial charge in [-0.1, -0.05) is 50.6 Å². The molecule has 0 fully saturated rings. The number of carbonyl (C=O) groups is 1. The van der Waals surface area contributed by atoms with Gasteiger partial charge in [-0.05, 0) is 48.2 Å². The Morgan fingerprint density at radius 3 is 2.43 bits per heavy atom. The van der Waals surface area contributed by atoms with E-state index in [0.29, 0.717) is 11.8 Å². The van der Waals surface area contributed by atoms with Crippen LogP contribution >= 0.6 is 0 Å². The third kappa shape index (κ3) is 4.74. The maximum Gasteiger partial charge on any atom is 0.321 e. The zero-order chi connectivity index (χ0) is 19.9. The fraction of sp³-hybridized carbons (Fsp3) is 0.261. The van der Waals surface area contributed by atoms with Crippen LogP contribution in [0.4, 0.5) is 5.69 Å². The Kier molecular flexibility index (Phi) is 6.37. The molecule has 28 heavy (non-hydrogen) atoms. The molecule has 3 aromatic rings. The topological polar surface area (TPSA) is 64.1 Å². The van der Waals surface area contributed by atoms with Crippen LogP contribution in [0.15, 0.2) is 67.0 Å². The van der Waals surface area contributed by atoms with E-state index in [-0.39, 0.29) is 17.7 Å². The Morgan fingerprint density at radius 1 is 1.07 bits per heavy atom. The minimum Gasteiger partial charge on any atom is -0.424 e. The van der Waals surface area contributed by atoms with Crippen LogP contribution in [0.25, 0.3) is 0 Å². The van der Waals surface area contributed by atoms with Crippen LogP contribution in [0.1, 0.15) is 37.3 Å². The van der Waals surface area contributed by atoms with Crippen molar-refractivity contribution in [3.63, 3.8) is 0 Å². The quantitative estimate of drug-likeness (QED) is 0.605. The first-order chi connectivity index (χ1) is 13.6. The second kappa shape index (κ2) is 9.13. The van der Waals surface area contributed by atoms with Gasteiger partial charge in [0, 0.05) is 18.1 Å². The first-order valence-corrected chi connectivity index (χ1v) is 9.49. The van der Waals surface area contributed by atoms with E-state index in [2.05, 4.69) is 29.1 Å².